The highest BCUT2D eigenvalue weighted by molar-refractivity contribution is 7.11. The normalized spacial score (nSPS) is 20.0. The first kappa shape index (κ1) is 13.0. The first-order valence-corrected chi connectivity index (χ1v) is 7.58. The van der Waals surface area contributed by atoms with Crippen molar-refractivity contribution in [3.05, 3.63) is 15.6 Å². The number of fused-ring (bicyclic) bond motifs is 1. The molecule has 0 saturated heterocycles. The molecule has 17 heavy (non-hydrogen) atoms. The fourth-order valence-electron chi connectivity index (χ4n) is 2.39. The molecule has 0 aromatic carbocycles. The van der Waals surface area contributed by atoms with Gasteiger partial charge in [0.1, 0.15) is 5.01 Å². The Labute approximate surface area is 109 Å². The van der Waals surface area contributed by atoms with Crippen molar-refractivity contribution in [2.24, 2.45) is 11.8 Å². The summed E-state index contributed by atoms with van der Waals surface area (Å²) in [5.41, 5.74) is 1.38. The summed E-state index contributed by atoms with van der Waals surface area (Å²) in [5.74, 6) is 1.68. The summed E-state index contributed by atoms with van der Waals surface area (Å²) in [6.45, 7) is 9.99. The van der Waals surface area contributed by atoms with E-state index in [0.717, 1.165) is 18.4 Å². The van der Waals surface area contributed by atoms with Crippen molar-refractivity contribution in [2.75, 3.05) is 0 Å². The van der Waals surface area contributed by atoms with Crippen LogP contribution in [0.2, 0.25) is 0 Å². The van der Waals surface area contributed by atoms with Crippen LogP contribution in [-0.2, 0) is 19.4 Å². The number of hydrogen-bond acceptors (Lipinski definition) is 3. The Morgan fingerprint density at radius 1 is 1.35 bits per heavy atom. The second-order valence-electron chi connectivity index (χ2n) is 5.76. The van der Waals surface area contributed by atoms with Crippen molar-refractivity contribution in [1.29, 1.82) is 0 Å². The standard InChI is InChI=1S/C14H24N2S/c1-9(2)11-5-6-12-13(7-11)17-14(16-12)8-15-10(3)4/h9-11,15H,5-8H2,1-4H3. The van der Waals surface area contributed by atoms with Crippen molar-refractivity contribution >= 4 is 11.3 Å². The van der Waals surface area contributed by atoms with E-state index in [0.29, 0.717) is 6.04 Å². The molecule has 0 spiro atoms. The fourth-order valence-corrected chi connectivity index (χ4v) is 3.55. The number of nitrogens with zero attached hydrogens (tertiary/aromatic N) is 1. The molecule has 1 aliphatic rings. The first-order valence-electron chi connectivity index (χ1n) is 6.77. The number of rotatable bonds is 4. The van der Waals surface area contributed by atoms with E-state index in [2.05, 4.69) is 33.0 Å². The lowest BCUT2D eigenvalue weighted by molar-refractivity contribution is 0.344. The maximum absolute atomic E-state index is 4.77. The molecule has 1 aromatic heterocycles. The number of aryl methyl sites for hydroxylation is 1. The minimum absolute atomic E-state index is 0.541. The molecule has 0 fully saturated rings. The van der Waals surface area contributed by atoms with E-state index in [1.807, 2.05) is 11.3 Å². The van der Waals surface area contributed by atoms with Crippen LogP contribution >= 0.6 is 11.3 Å². The second-order valence-corrected chi connectivity index (χ2v) is 6.93. The third kappa shape index (κ3) is 3.29. The first-order chi connectivity index (χ1) is 8.06. The zero-order valence-corrected chi connectivity index (χ0v) is 12.2. The summed E-state index contributed by atoms with van der Waals surface area (Å²) in [5, 5.41) is 4.72. The Morgan fingerprint density at radius 3 is 2.76 bits per heavy atom. The Bertz CT molecular complexity index is 368. The Morgan fingerprint density at radius 2 is 2.12 bits per heavy atom. The molecule has 0 aliphatic heterocycles. The van der Waals surface area contributed by atoms with E-state index in [1.165, 1.54) is 30.0 Å². The van der Waals surface area contributed by atoms with Crippen molar-refractivity contribution in [1.82, 2.24) is 10.3 Å². The molecule has 96 valence electrons. The van der Waals surface area contributed by atoms with E-state index in [4.69, 9.17) is 4.98 Å². The molecular formula is C14H24N2S. The summed E-state index contributed by atoms with van der Waals surface area (Å²) in [7, 11) is 0. The third-order valence-electron chi connectivity index (χ3n) is 3.63. The lowest BCUT2D eigenvalue weighted by Gasteiger charge is -2.24. The summed E-state index contributed by atoms with van der Waals surface area (Å²) in [4.78, 5) is 6.32. The molecule has 0 radical (unpaired) electrons. The predicted octanol–water partition coefficient (Wildman–Crippen LogP) is 3.40. The van der Waals surface area contributed by atoms with Crippen LogP contribution in [0.25, 0.3) is 0 Å². The van der Waals surface area contributed by atoms with Gasteiger partial charge in [-0.05, 0) is 31.1 Å². The Kier molecular flexibility index (Phi) is 4.21. The molecule has 3 heteroatoms. The Hall–Kier alpha value is -0.410. The van der Waals surface area contributed by atoms with Crippen LogP contribution in [0.4, 0.5) is 0 Å². The minimum Gasteiger partial charge on any atom is -0.308 e. The van der Waals surface area contributed by atoms with Crippen LogP contribution in [0.15, 0.2) is 0 Å². The topological polar surface area (TPSA) is 24.9 Å². The van der Waals surface area contributed by atoms with Crippen molar-refractivity contribution in [3.63, 3.8) is 0 Å². The molecule has 2 nitrogen and oxygen atoms in total. The van der Waals surface area contributed by atoms with Crippen LogP contribution < -0.4 is 5.32 Å². The van der Waals surface area contributed by atoms with E-state index in [1.54, 1.807) is 4.88 Å². The van der Waals surface area contributed by atoms with Gasteiger partial charge in [-0.25, -0.2) is 4.98 Å². The van der Waals surface area contributed by atoms with E-state index in [9.17, 15) is 0 Å². The predicted molar refractivity (Wildman–Crippen MR) is 74.4 cm³/mol. The average molecular weight is 252 g/mol. The van der Waals surface area contributed by atoms with Crippen molar-refractivity contribution in [3.8, 4) is 0 Å². The molecule has 1 unspecified atom stereocenters. The quantitative estimate of drug-likeness (QED) is 0.888. The van der Waals surface area contributed by atoms with Crippen LogP contribution in [0.3, 0.4) is 0 Å². The van der Waals surface area contributed by atoms with E-state index >= 15 is 0 Å². The van der Waals surface area contributed by atoms with Crippen LogP contribution in [0, 0.1) is 11.8 Å². The molecule has 2 rings (SSSR count). The van der Waals surface area contributed by atoms with Gasteiger partial charge < -0.3 is 5.32 Å². The summed E-state index contributed by atoms with van der Waals surface area (Å²) < 4.78 is 0. The molecule has 1 atom stereocenters. The molecule has 0 amide bonds. The van der Waals surface area contributed by atoms with Crippen molar-refractivity contribution < 1.29 is 0 Å². The van der Waals surface area contributed by atoms with Crippen molar-refractivity contribution in [2.45, 2.75) is 59.5 Å². The number of thiazole rings is 1. The van der Waals surface area contributed by atoms with Crippen LogP contribution in [-0.4, -0.2) is 11.0 Å². The maximum Gasteiger partial charge on any atom is 0.107 e. The zero-order valence-electron chi connectivity index (χ0n) is 11.4. The summed E-state index contributed by atoms with van der Waals surface area (Å²) >= 11 is 1.92. The van der Waals surface area contributed by atoms with E-state index < -0.39 is 0 Å². The number of aromatic nitrogens is 1. The largest absolute Gasteiger partial charge is 0.308 e. The number of hydrogen-bond donors (Lipinski definition) is 1. The molecule has 0 saturated carbocycles. The lowest BCUT2D eigenvalue weighted by atomic mass is 9.83. The molecule has 1 N–H and O–H groups in total. The van der Waals surface area contributed by atoms with Gasteiger partial charge in [0.15, 0.2) is 0 Å². The molecular weight excluding hydrogens is 228 g/mol. The van der Waals surface area contributed by atoms with Crippen LogP contribution in [0.5, 0.6) is 0 Å². The maximum atomic E-state index is 4.77. The van der Waals surface area contributed by atoms with Gasteiger partial charge in [-0.3, -0.25) is 0 Å². The van der Waals surface area contributed by atoms with Crippen LogP contribution in [0.1, 0.15) is 49.7 Å². The highest BCUT2D eigenvalue weighted by atomic mass is 32.1. The van der Waals surface area contributed by atoms with Gasteiger partial charge in [0.05, 0.1) is 5.69 Å². The zero-order chi connectivity index (χ0) is 12.4. The van der Waals surface area contributed by atoms with Gasteiger partial charge in [-0.15, -0.1) is 11.3 Å². The van der Waals surface area contributed by atoms with Gasteiger partial charge in [0.25, 0.3) is 0 Å². The fraction of sp³-hybridized carbons (Fsp3) is 0.786. The van der Waals surface area contributed by atoms with Gasteiger partial charge in [-0.1, -0.05) is 27.7 Å². The highest BCUT2D eigenvalue weighted by Gasteiger charge is 2.24. The Balaban J connectivity index is 2.01. The smallest absolute Gasteiger partial charge is 0.107 e. The second kappa shape index (κ2) is 5.49. The molecule has 1 heterocycles. The number of nitrogens with one attached hydrogen (secondary N) is 1. The van der Waals surface area contributed by atoms with Gasteiger partial charge in [-0.2, -0.15) is 0 Å². The minimum atomic E-state index is 0.541. The van der Waals surface area contributed by atoms with Gasteiger partial charge >= 0.3 is 0 Å². The summed E-state index contributed by atoms with van der Waals surface area (Å²) in [6.07, 6.45) is 3.77. The highest BCUT2D eigenvalue weighted by Crippen LogP contribution is 2.33. The molecule has 0 bridgehead atoms. The lowest BCUT2D eigenvalue weighted by Crippen LogP contribution is -2.21. The molecule has 1 aliphatic carbocycles. The van der Waals surface area contributed by atoms with E-state index in [-0.39, 0.29) is 0 Å². The molecule has 1 aromatic rings. The average Bonchev–Trinajstić information content (AvgIpc) is 2.67. The van der Waals surface area contributed by atoms with Gasteiger partial charge in [0, 0.05) is 17.5 Å². The monoisotopic (exact) mass is 252 g/mol. The SMILES string of the molecule is CC(C)NCc1nc2c(s1)CC(C(C)C)CC2. The summed E-state index contributed by atoms with van der Waals surface area (Å²) in [6, 6.07) is 0.541. The third-order valence-corrected chi connectivity index (χ3v) is 4.75. The van der Waals surface area contributed by atoms with Gasteiger partial charge in [0.2, 0.25) is 0 Å².